The summed E-state index contributed by atoms with van der Waals surface area (Å²) in [5.74, 6) is -0.567. The topological polar surface area (TPSA) is 58.7 Å². The molecule has 25 heavy (non-hydrogen) atoms. The van der Waals surface area contributed by atoms with E-state index < -0.39 is 5.82 Å². The Morgan fingerprint density at radius 2 is 1.88 bits per heavy atom. The fourth-order valence-corrected chi connectivity index (χ4v) is 2.81. The molecule has 3 rings (SSSR count). The number of carbonyl (C=O) groups excluding carboxylic acids is 1. The number of fused-ring (bicyclic) bond motifs is 1. The number of hydrogen-bond donors (Lipinski definition) is 1. The highest BCUT2D eigenvalue weighted by Gasteiger charge is 2.25. The zero-order valence-electron chi connectivity index (χ0n) is 13.1. The Kier molecular flexibility index (Phi) is 7.83. The molecule has 2 N–H and O–H groups in total. The minimum atomic E-state index is -0.392. The van der Waals surface area contributed by atoms with Gasteiger partial charge in [-0.05, 0) is 30.3 Å². The molecule has 4 nitrogen and oxygen atoms in total. The minimum absolute atomic E-state index is 0. The van der Waals surface area contributed by atoms with E-state index in [9.17, 15) is 9.18 Å². The molecule has 134 valence electrons. The second-order valence-corrected chi connectivity index (χ2v) is 5.58. The van der Waals surface area contributed by atoms with Crippen molar-refractivity contribution >= 4 is 53.7 Å². The van der Waals surface area contributed by atoms with Crippen molar-refractivity contribution in [1.82, 2.24) is 0 Å². The highest BCUT2D eigenvalue weighted by Crippen LogP contribution is 2.30. The number of rotatable bonds is 3. The van der Waals surface area contributed by atoms with Gasteiger partial charge in [-0.1, -0.05) is 23.7 Å². The summed E-state index contributed by atoms with van der Waals surface area (Å²) < 4.78 is 14.2. The van der Waals surface area contributed by atoms with Crippen molar-refractivity contribution in [3.63, 3.8) is 0 Å². The SMILES string of the molecule is Cl.Cl.NCCN1C(=O)CN=C(c2ccccc2F)c2cc(Cl)ccc21. The van der Waals surface area contributed by atoms with Crippen LogP contribution in [0.4, 0.5) is 10.1 Å². The Hall–Kier alpha value is -1.66. The van der Waals surface area contributed by atoms with Crippen molar-refractivity contribution in [2.75, 3.05) is 24.5 Å². The van der Waals surface area contributed by atoms with Crippen LogP contribution in [0.1, 0.15) is 11.1 Å². The standard InChI is InChI=1S/C17H15ClFN3O.2ClH/c18-11-5-6-15-13(9-11)17(12-3-1-2-4-14(12)19)21-10-16(23)22(15)8-7-20;;/h1-6,9H,7-8,10,20H2;2*1H. The van der Waals surface area contributed by atoms with Gasteiger partial charge in [0, 0.05) is 29.2 Å². The first kappa shape index (κ1) is 21.4. The number of anilines is 1. The fourth-order valence-electron chi connectivity index (χ4n) is 2.64. The molecule has 0 saturated heterocycles. The molecule has 2 aromatic carbocycles. The summed E-state index contributed by atoms with van der Waals surface area (Å²) in [5.41, 5.74) is 7.65. The average Bonchev–Trinajstić information content (AvgIpc) is 2.66. The maximum Gasteiger partial charge on any atom is 0.248 e. The predicted octanol–water partition coefficient (Wildman–Crippen LogP) is 3.47. The Labute approximate surface area is 162 Å². The Morgan fingerprint density at radius 3 is 2.56 bits per heavy atom. The van der Waals surface area contributed by atoms with E-state index in [4.69, 9.17) is 17.3 Å². The molecule has 0 unspecified atom stereocenters. The van der Waals surface area contributed by atoms with Crippen molar-refractivity contribution in [3.05, 3.63) is 64.4 Å². The van der Waals surface area contributed by atoms with E-state index in [0.29, 0.717) is 40.6 Å². The van der Waals surface area contributed by atoms with Gasteiger partial charge in [0.25, 0.3) is 0 Å². The maximum atomic E-state index is 14.2. The zero-order chi connectivity index (χ0) is 16.4. The van der Waals surface area contributed by atoms with Crippen LogP contribution >= 0.6 is 36.4 Å². The Bertz CT molecular complexity index is 798. The maximum absolute atomic E-state index is 14.2. The molecule has 0 radical (unpaired) electrons. The summed E-state index contributed by atoms with van der Waals surface area (Å²) in [6.45, 7) is 0.631. The first-order valence-corrected chi connectivity index (χ1v) is 7.59. The largest absolute Gasteiger partial charge is 0.329 e. The second kappa shape index (κ2) is 9.15. The van der Waals surface area contributed by atoms with E-state index in [1.165, 1.54) is 6.07 Å². The van der Waals surface area contributed by atoms with Crippen molar-refractivity contribution < 1.29 is 9.18 Å². The lowest BCUT2D eigenvalue weighted by Crippen LogP contribution is -2.36. The molecule has 0 atom stereocenters. The molecular formula is C17H17Cl3FN3O. The van der Waals surface area contributed by atoms with Crippen molar-refractivity contribution in [2.24, 2.45) is 10.7 Å². The molecular weight excluding hydrogens is 388 g/mol. The second-order valence-electron chi connectivity index (χ2n) is 5.14. The third kappa shape index (κ3) is 4.30. The molecule has 1 heterocycles. The highest BCUT2D eigenvalue weighted by atomic mass is 35.5. The van der Waals surface area contributed by atoms with Gasteiger partial charge in [0.2, 0.25) is 5.91 Å². The number of amides is 1. The van der Waals surface area contributed by atoms with Gasteiger partial charge in [0.05, 0.1) is 11.4 Å². The van der Waals surface area contributed by atoms with E-state index >= 15 is 0 Å². The quantitative estimate of drug-likeness (QED) is 0.851. The van der Waals surface area contributed by atoms with Crippen LogP contribution in [0.3, 0.4) is 0 Å². The monoisotopic (exact) mass is 403 g/mol. The lowest BCUT2D eigenvalue weighted by Gasteiger charge is -2.22. The number of benzodiazepines with no additional fused rings is 1. The summed E-state index contributed by atoms with van der Waals surface area (Å²) in [6.07, 6.45) is 0. The van der Waals surface area contributed by atoms with E-state index in [1.807, 2.05) is 0 Å². The predicted molar refractivity (Wildman–Crippen MR) is 104 cm³/mol. The van der Waals surface area contributed by atoms with Gasteiger partial charge in [0.1, 0.15) is 12.4 Å². The van der Waals surface area contributed by atoms with Crippen LogP contribution in [-0.4, -0.2) is 31.3 Å². The summed E-state index contributed by atoms with van der Waals surface area (Å²) in [6, 6.07) is 11.5. The van der Waals surface area contributed by atoms with E-state index in [0.717, 1.165) is 0 Å². The number of carbonyl (C=O) groups is 1. The first-order chi connectivity index (χ1) is 11.1. The van der Waals surface area contributed by atoms with Gasteiger partial charge in [-0.15, -0.1) is 24.8 Å². The third-order valence-corrected chi connectivity index (χ3v) is 3.89. The van der Waals surface area contributed by atoms with Crippen LogP contribution in [0.25, 0.3) is 0 Å². The lowest BCUT2D eigenvalue weighted by atomic mass is 9.99. The van der Waals surface area contributed by atoms with Gasteiger partial charge in [-0.3, -0.25) is 9.79 Å². The molecule has 1 aliphatic rings. The summed E-state index contributed by atoms with van der Waals surface area (Å²) >= 11 is 6.11. The minimum Gasteiger partial charge on any atom is -0.329 e. The number of benzene rings is 2. The van der Waals surface area contributed by atoms with Gasteiger partial charge in [-0.25, -0.2) is 4.39 Å². The van der Waals surface area contributed by atoms with Crippen LogP contribution in [0.5, 0.6) is 0 Å². The van der Waals surface area contributed by atoms with Crippen molar-refractivity contribution in [3.8, 4) is 0 Å². The van der Waals surface area contributed by atoms with Crippen LogP contribution in [0, 0.1) is 5.82 Å². The smallest absolute Gasteiger partial charge is 0.248 e. The third-order valence-electron chi connectivity index (χ3n) is 3.66. The number of nitrogens with two attached hydrogens (primary N) is 1. The van der Waals surface area contributed by atoms with Gasteiger partial charge < -0.3 is 10.6 Å². The number of nitrogens with zero attached hydrogens (tertiary/aromatic N) is 2. The number of aliphatic imine (C=N–C) groups is 1. The van der Waals surface area contributed by atoms with Crippen LogP contribution < -0.4 is 10.6 Å². The molecule has 1 amide bonds. The number of hydrogen-bond acceptors (Lipinski definition) is 3. The molecule has 0 fully saturated rings. The summed E-state index contributed by atoms with van der Waals surface area (Å²) in [7, 11) is 0. The Morgan fingerprint density at radius 1 is 1.16 bits per heavy atom. The van der Waals surface area contributed by atoms with Crippen molar-refractivity contribution in [2.45, 2.75) is 0 Å². The van der Waals surface area contributed by atoms with Crippen LogP contribution in [-0.2, 0) is 4.79 Å². The molecule has 0 saturated carbocycles. The first-order valence-electron chi connectivity index (χ1n) is 7.21. The normalized spacial score (nSPS) is 13.2. The van der Waals surface area contributed by atoms with Gasteiger partial charge >= 0.3 is 0 Å². The molecule has 0 aromatic heterocycles. The van der Waals surface area contributed by atoms with Crippen LogP contribution in [0.2, 0.25) is 5.02 Å². The van der Waals surface area contributed by atoms with E-state index in [-0.39, 0.29) is 37.3 Å². The molecule has 8 heteroatoms. The Balaban J connectivity index is 0.00000156. The molecule has 0 spiro atoms. The summed E-state index contributed by atoms with van der Waals surface area (Å²) in [4.78, 5) is 18.3. The zero-order valence-corrected chi connectivity index (χ0v) is 15.5. The fraction of sp³-hybridized carbons (Fsp3) is 0.176. The molecule has 1 aliphatic heterocycles. The van der Waals surface area contributed by atoms with Crippen molar-refractivity contribution in [1.29, 1.82) is 0 Å². The van der Waals surface area contributed by atoms with Gasteiger partial charge in [-0.2, -0.15) is 0 Å². The number of halogens is 4. The molecule has 0 aliphatic carbocycles. The van der Waals surface area contributed by atoms with Gasteiger partial charge in [0.15, 0.2) is 0 Å². The van der Waals surface area contributed by atoms with E-state index in [1.54, 1.807) is 41.3 Å². The highest BCUT2D eigenvalue weighted by molar-refractivity contribution is 6.32. The molecule has 0 bridgehead atoms. The lowest BCUT2D eigenvalue weighted by molar-refractivity contribution is -0.117. The average molecular weight is 405 g/mol. The van der Waals surface area contributed by atoms with Crippen LogP contribution in [0.15, 0.2) is 47.5 Å². The molecule has 2 aromatic rings. The van der Waals surface area contributed by atoms with E-state index in [2.05, 4.69) is 4.99 Å². The summed E-state index contributed by atoms with van der Waals surface area (Å²) in [5, 5.41) is 0.495.